The SMILES string of the molecule is OC/C=C/C#CC1=CCCCC1. The Morgan fingerprint density at radius 2 is 2.42 bits per heavy atom. The summed E-state index contributed by atoms with van der Waals surface area (Å²) < 4.78 is 0. The van der Waals surface area contributed by atoms with Gasteiger partial charge in [-0.1, -0.05) is 24.0 Å². The van der Waals surface area contributed by atoms with E-state index in [9.17, 15) is 0 Å². The van der Waals surface area contributed by atoms with Gasteiger partial charge in [0.15, 0.2) is 0 Å². The predicted octanol–water partition coefficient (Wildman–Crippen LogP) is 2.04. The van der Waals surface area contributed by atoms with Crippen molar-refractivity contribution in [3.8, 4) is 11.8 Å². The molecule has 0 bridgehead atoms. The number of hydrogen-bond acceptors (Lipinski definition) is 1. The molecule has 0 heterocycles. The van der Waals surface area contributed by atoms with E-state index < -0.39 is 0 Å². The van der Waals surface area contributed by atoms with E-state index in [4.69, 9.17) is 5.11 Å². The summed E-state index contributed by atoms with van der Waals surface area (Å²) in [7, 11) is 0. The highest BCUT2D eigenvalue weighted by Gasteiger charge is 1.98. The molecular formula is C11H14O. The van der Waals surface area contributed by atoms with E-state index in [-0.39, 0.29) is 6.61 Å². The van der Waals surface area contributed by atoms with Crippen molar-refractivity contribution >= 4 is 0 Å². The molecule has 0 spiro atoms. The average Bonchev–Trinajstić information content (AvgIpc) is 2.14. The lowest BCUT2D eigenvalue weighted by molar-refractivity contribution is 0.343. The van der Waals surface area contributed by atoms with Gasteiger partial charge in [0.05, 0.1) is 6.61 Å². The monoisotopic (exact) mass is 162 g/mol. The Hall–Kier alpha value is -1.00. The molecule has 0 atom stereocenters. The molecule has 0 unspecified atom stereocenters. The van der Waals surface area contributed by atoms with Crippen molar-refractivity contribution in [1.29, 1.82) is 0 Å². The molecule has 64 valence electrons. The Labute approximate surface area is 73.8 Å². The zero-order chi connectivity index (χ0) is 8.65. The van der Waals surface area contributed by atoms with Gasteiger partial charge in [-0.3, -0.25) is 0 Å². The van der Waals surface area contributed by atoms with E-state index >= 15 is 0 Å². The van der Waals surface area contributed by atoms with Gasteiger partial charge in [-0.25, -0.2) is 0 Å². The number of allylic oxidation sites excluding steroid dienone is 3. The van der Waals surface area contributed by atoms with Crippen molar-refractivity contribution in [2.45, 2.75) is 25.7 Å². The Morgan fingerprint density at radius 3 is 3.08 bits per heavy atom. The first-order chi connectivity index (χ1) is 5.93. The van der Waals surface area contributed by atoms with Crippen LogP contribution in [-0.2, 0) is 0 Å². The number of aliphatic hydroxyl groups is 1. The van der Waals surface area contributed by atoms with Gasteiger partial charge >= 0.3 is 0 Å². The fourth-order valence-electron chi connectivity index (χ4n) is 1.20. The number of rotatable bonds is 1. The van der Waals surface area contributed by atoms with Crippen molar-refractivity contribution in [1.82, 2.24) is 0 Å². The maximum Gasteiger partial charge on any atom is 0.0621 e. The Bertz CT molecular complexity index is 237. The van der Waals surface area contributed by atoms with Gasteiger partial charge in [0.1, 0.15) is 0 Å². The van der Waals surface area contributed by atoms with Gasteiger partial charge in [-0.05, 0) is 37.3 Å². The van der Waals surface area contributed by atoms with Crippen LogP contribution in [0.25, 0.3) is 0 Å². The fraction of sp³-hybridized carbons (Fsp3) is 0.455. The lowest BCUT2D eigenvalue weighted by Gasteiger charge is -2.05. The summed E-state index contributed by atoms with van der Waals surface area (Å²) >= 11 is 0. The third-order valence-corrected chi connectivity index (χ3v) is 1.83. The van der Waals surface area contributed by atoms with Gasteiger partial charge in [0.2, 0.25) is 0 Å². The molecule has 0 aromatic rings. The summed E-state index contributed by atoms with van der Waals surface area (Å²) in [6, 6.07) is 0. The summed E-state index contributed by atoms with van der Waals surface area (Å²) in [5, 5.41) is 8.43. The van der Waals surface area contributed by atoms with E-state index in [1.54, 1.807) is 12.2 Å². The van der Waals surface area contributed by atoms with Gasteiger partial charge in [0.25, 0.3) is 0 Å². The normalized spacial score (nSPS) is 16.9. The van der Waals surface area contributed by atoms with E-state index in [0.717, 1.165) is 6.42 Å². The van der Waals surface area contributed by atoms with Crippen LogP contribution in [0.5, 0.6) is 0 Å². The molecule has 0 aliphatic heterocycles. The van der Waals surface area contributed by atoms with E-state index in [1.807, 2.05) is 0 Å². The first-order valence-corrected chi connectivity index (χ1v) is 4.40. The molecule has 0 fully saturated rings. The van der Waals surface area contributed by atoms with Crippen molar-refractivity contribution in [2.75, 3.05) is 6.61 Å². The third-order valence-electron chi connectivity index (χ3n) is 1.83. The Morgan fingerprint density at radius 1 is 1.50 bits per heavy atom. The average molecular weight is 162 g/mol. The topological polar surface area (TPSA) is 20.2 Å². The lowest BCUT2D eigenvalue weighted by atomic mass is 10.0. The summed E-state index contributed by atoms with van der Waals surface area (Å²) in [4.78, 5) is 0. The summed E-state index contributed by atoms with van der Waals surface area (Å²) in [5.41, 5.74) is 1.25. The molecular weight excluding hydrogens is 148 g/mol. The van der Waals surface area contributed by atoms with Crippen LogP contribution in [0.15, 0.2) is 23.8 Å². The highest BCUT2D eigenvalue weighted by molar-refractivity contribution is 5.33. The molecule has 1 aliphatic rings. The van der Waals surface area contributed by atoms with Gasteiger partial charge in [0, 0.05) is 0 Å². The zero-order valence-electron chi connectivity index (χ0n) is 7.21. The molecule has 0 aromatic carbocycles. The maximum absolute atomic E-state index is 8.43. The molecule has 0 aromatic heterocycles. The van der Waals surface area contributed by atoms with Crippen LogP contribution in [0.4, 0.5) is 0 Å². The number of aliphatic hydroxyl groups excluding tert-OH is 1. The molecule has 12 heavy (non-hydrogen) atoms. The minimum Gasteiger partial charge on any atom is -0.392 e. The van der Waals surface area contributed by atoms with E-state index in [2.05, 4.69) is 17.9 Å². The second kappa shape index (κ2) is 5.62. The second-order valence-electron chi connectivity index (χ2n) is 2.83. The minimum atomic E-state index is 0.0771. The molecule has 1 aliphatic carbocycles. The highest BCUT2D eigenvalue weighted by Crippen LogP contribution is 2.15. The van der Waals surface area contributed by atoms with Gasteiger partial charge in [-0.15, -0.1) is 0 Å². The van der Waals surface area contributed by atoms with Crippen LogP contribution < -0.4 is 0 Å². The molecule has 1 heteroatoms. The second-order valence-corrected chi connectivity index (χ2v) is 2.83. The Balaban J connectivity index is 2.41. The van der Waals surface area contributed by atoms with Crippen LogP contribution >= 0.6 is 0 Å². The summed E-state index contributed by atoms with van der Waals surface area (Å²) in [5.74, 6) is 5.97. The summed E-state index contributed by atoms with van der Waals surface area (Å²) in [6.07, 6.45) is 10.4. The molecule has 1 N–H and O–H groups in total. The van der Waals surface area contributed by atoms with Crippen LogP contribution in [0.3, 0.4) is 0 Å². The quantitative estimate of drug-likeness (QED) is 0.585. The van der Waals surface area contributed by atoms with Crippen LogP contribution in [0, 0.1) is 11.8 Å². The van der Waals surface area contributed by atoms with Crippen molar-refractivity contribution in [3.05, 3.63) is 23.8 Å². The van der Waals surface area contributed by atoms with Crippen molar-refractivity contribution in [3.63, 3.8) is 0 Å². The molecule has 0 amide bonds. The largest absolute Gasteiger partial charge is 0.392 e. The minimum absolute atomic E-state index is 0.0771. The standard InChI is InChI=1S/C11H14O/c12-10-6-2-5-9-11-7-3-1-4-8-11/h2,6-7,12H,1,3-4,8,10H2/b6-2+. The molecule has 1 rings (SSSR count). The first-order valence-electron chi connectivity index (χ1n) is 4.40. The predicted molar refractivity (Wildman–Crippen MR) is 50.6 cm³/mol. The van der Waals surface area contributed by atoms with Crippen molar-refractivity contribution < 1.29 is 5.11 Å². The Kier molecular flexibility index (Phi) is 4.26. The zero-order valence-corrected chi connectivity index (χ0v) is 7.21. The molecule has 0 saturated carbocycles. The van der Waals surface area contributed by atoms with Gasteiger partial charge in [-0.2, -0.15) is 0 Å². The molecule has 0 radical (unpaired) electrons. The van der Waals surface area contributed by atoms with E-state index in [1.165, 1.54) is 24.8 Å². The van der Waals surface area contributed by atoms with E-state index in [0.29, 0.717) is 0 Å². The lowest BCUT2D eigenvalue weighted by Crippen LogP contribution is -1.88. The maximum atomic E-state index is 8.43. The number of hydrogen-bond donors (Lipinski definition) is 1. The molecule has 1 nitrogen and oxygen atoms in total. The van der Waals surface area contributed by atoms with Crippen LogP contribution in [0.2, 0.25) is 0 Å². The van der Waals surface area contributed by atoms with Crippen molar-refractivity contribution in [2.24, 2.45) is 0 Å². The van der Waals surface area contributed by atoms with Crippen LogP contribution in [0.1, 0.15) is 25.7 Å². The smallest absolute Gasteiger partial charge is 0.0621 e. The first kappa shape index (κ1) is 9.09. The van der Waals surface area contributed by atoms with Crippen LogP contribution in [-0.4, -0.2) is 11.7 Å². The highest BCUT2D eigenvalue weighted by atomic mass is 16.2. The van der Waals surface area contributed by atoms with Gasteiger partial charge < -0.3 is 5.11 Å². The third kappa shape index (κ3) is 3.41. The molecule has 0 saturated heterocycles. The fourth-order valence-corrected chi connectivity index (χ4v) is 1.20. The summed E-state index contributed by atoms with van der Waals surface area (Å²) in [6.45, 7) is 0.0771.